The van der Waals surface area contributed by atoms with E-state index in [1.54, 1.807) is 0 Å². The average molecular weight is 312 g/mol. The summed E-state index contributed by atoms with van der Waals surface area (Å²) in [7, 11) is 0. The molecular weight excluding hydrogens is 284 g/mol. The third kappa shape index (κ3) is 3.36. The third-order valence-electron chi connectivity index (χ3n) is 4.39. The van der Waals surface area contributed by atoms with E-state index in [2.05, 4.69) is 40.7 Å². The molecule has 0 saturated carbocycles. The molecule has 2 N–H and O–H groups in total. The molecule has 0 aliphatic heterocycles. The van der Waals surface area contributed by atoms with E-state index in [0.717, 1.165) is 17.5 Å². The number of rotatable bonds is 4. The van der Waals surface area contributed by atoms with E-state index in [1.807, 2.05) is 31.2 Å². The molecule has 0 spiro atoms. The molecule has 0 saturated heterocycles. The highest BCUT2D eigenvalue weighted by atomic mass is 16.3. The van der Waals surface area contributed by atoms with Crippen LogP contribution < -0.4 is 0 Å². The molecule has 2 aromatic rings. The monoisotopic (exact) mass is 312 g/mol. The van der Waals surface area contributed by atoms with Gasteiger partial charge < -0.3 is 10.2 Å². The summed E-state index contributed by atoms with van der Waals surface area (Å²) in [6.45, 7) is 12.6. The van der Waals surface area contributed by atoms with Gasteiger partial charge in [-0.05, 0) is 31.7 Å². The topological polar surface area (TPSA) is 40.5 Å². The van der Waals surface area contributed by atoms with Gasteiger partial charge in [0.15, 0.2) is 0 Å². The Balaban J connectivity index is 2.67. The van der Waals surface area contributed by atoms with Crippen LogP contribution in [-0.2, 0) is 5.41 Å². The van der Waals surface area contributed by atoms with Crippen LogP contribution in [0.15, 0.2) is 35.9 Å². The van der Waals surface area contributed by atoms with E-state index in [1.165, 1.54) is 5.57 Å². The van der Waals surface area contributed by atoms with Crippen molar-refractivity contribution in [2.45, 2.75) is 53.4 Å². The zero-order valence-electron chi connectivity index (χ0n) is 15.1. The van der Waals surface area contributed by atoms with Gasteiger partial charge in [0.2, 0.25) is 0 Å². The predicted molar refractivity (Wildman–Crippen MR) is 98.3 cm³/mol. The first-order valence-electron chi connectivity index (χ1n) is 8.27. The van der Waals surface area contributed by atoms with Gasteiger partial charge in [-0.1, -0.05) is 63.6 Å². The SMILES string of the molecule is C/C(=C\C(C)(C)c1c(C)c(O)c2ccccc2c1O)CC(C)C. The average Bonchev–Trinajstić information content (AvgIpc) is 2.43. The number of phenolic OH excluding ortho intramolecular Hbond substituents is 2. The molecule has 2 rings (SSSR count). The molecule has 2 aromatic carbocycles. The standard InChI is InChI=1S/C21H28O2/c1-13(2)11-14(3)12-21(5,6)18-15(4)19(22)16-9-7-8-10-17(16)20(18)23/h7-10,12-13,22-23H,11H2,1-6H3/b14-12+. The smallest absolute Gasteiger partial charge is 0.127 e. The molecule has 0 aliphatic rings. The Morgan fingerprint density at radius 1 is 1.09 bits per heavy atom. The van der Waals surface area contributed by atoms with Gasteiger partial charge in [-0.3, -0.25) is 0 Å². The second-order valence-corrected chi connectivity index (χ2v) is 7.55. The maximum atomic E-state index is 10.8. The Kier molecular flexibility index (Phi) is 4.74. The van der Waals surface area contributed by atoms with E-state index in [4.69, 9.17) is 0 Å². The molecule has 0 radical (unpaired) electrons. The number of allylic oxidation sites excluding steroid dienone is 2. The lowest BCUT2D eigenvalue weighted by Gasteiger charge is -2.27. The second-order valence-electron chi connectivity index (χ2n) is 7.55. The summed E-state index contributed by atoms with van der Waals surface area (Å²) in [5, 5.41) is 22.8. The Labute approximate surface area is 139 Å². The number of hydrogen-bond donors (Lipinski definition) is 2. The van der Waals surface area contributed by atoms with Gasteiger partial charge in [0.05, 0.1) is 0 Å². The van der Waals surface area contributed by atoms with Gasteiger partial charge in [-0.15, -0.1) is 0 Å². The van der Waals surface area contributed by atoms with Crippen molar-refractivity contribution in [1.29, 1.82) is 0 Å². The molecule has 0 amide bonds. The van der Waals surface area contributed by atoms with Crippen LogP contribution in [0, 0.1) is 12.8 Å². The number of hydrogen-bond acceptors (Lipinski definition) is 2. The highest BCUT2D eigenvalue weighted by Crippen LogP contribution is 2.45. The Hall–Kier alpha value is -1.96. The summed E-state index contributed by atoms with van der Waals surface area (Å²) in [6, 6.07) is 7.45. The summed E-state index contributed by atoms with van der Waals surface area (Å²) >= 11 is 0. The minimum atomic E-state index is -0.353. The summed E-state index contributed by atoms with van der Waals surface area (Å²) in [5.41, 5.74) is 2.50. The molecular formula is C21H28O2. The normalized spacial score (nSPS) is 13.1. The predicted octanol–water partition coefficient (Wildman–Crippen LogP) is 5.83. The number of fused-ring (bicyclic) bond motifs is 1. The van der Waals surface area contributed by atoms with Gasteiger partial charge >= 0.3 is 0 Å². The van der Waals surface area contributed by atoms with Crippen LogP contribution in [0.25, 0.3) is 10.8 Å². The van der Waals surface area contributed by atoms with Gasteiger partial charge in [0.1, 0.15) is 11.5 Å². The molecule has 0 aromatic heterocycles. The molecule has 2 heteroatoms. The van der Waals surface area contributed by atoms with Crippen LogP contribution in [0.5, 0.6) is 11.5 Å². The molecule has 124 valence electrons. The van der Waals surface area contributed by atoms with E-state index < -0.39 is 0 Å². The fourth-order valence-electron chi connectivity index (χ4n) is 3.71. The Morgan fingerprint density at radius 3 is 2.13 bits per heavy atom. The fraction of sp³-hybridized carbons (Fsp3) is 0.429. The van der Waals surface area contributed by atoms with Crippen molar-refractivity contribution in [2.24, 2.45) is 5.92 Å². The Morgan fingerprint density at radius 2 is 1.61 bits per heavy atom. The second kappa shape index (κ2) is 6.27. The van der Waals surface area contributed by atoms with Crippen molar-refractivity contribution in [1.82, 2.24) is 0 Å². The van der Waals surface area contributed by atoms with Crippen LogP contribution >= 0.6 is 0 Å². The van der Waals surface area contributed by atoms with Crippen molar-refractivity contribution in [2.75, 3.05) is 0 Å². The van der Waals surface area contributed by atoms with E-state index in [-0.39, 0.29) is 16.9 Å². The van der Waals surface area contributed by atoms with E-state index >= 15 is 0 Å². The molecule has 0 unspecified atom stereocenters. The van der Waals surface area contributed by atoms with Crippen molar-refractivity contribution >= 4 is 10.8 Å². The molecule has 2 nitrogen and oxygen atoms in total. The fourth-order valence-corrected chi connectivity index (χ4v) is 3.71. The van der Waals surface area contributed by atoms with Gasteiger partial charge in [0.25, 0.3) is 0 Å². The molecule has 0 fully saturated rings. The molecule has 0 atom stereocenters. The first-order valence-corrected chi connectivity index (χ1v) is 8.27. The van der Waals surface area contributed by atoms with Crippen LogP contribution in [-0.4, -0.2) is 10.2 Å². The lowest BCUT2D eigenvalue weighted by Crippen LogP contribution is -2.17. The largest absolute Gasteiger partial charge is 0.507 e. The molecule has 0 bridgehead atoms. The first kappa shape index (κ1) is 17.4. The lowest BCUT2D eigenvalue weighted by atomic mass is 9.78. The molecule has 0 heterocycles. The number of phenols is 2. The number of aromatic hydroxyl groups is 2. The van der Waals surface area contributed by atoms with Crippen molar-refractivity contribution in [3.8, 4) is 11.5 Å². The highest BCUT2D eigenvalue weighted by molar-refractivity contribution is 5.95. The van der Waals surface area contributed by atoms with Crippen LogP contribution in [0.4, 0.5) is 0 Å². The van der Waals surface area contributed by atoms with E-state index in [0.29, 0.717) is 16.7 Å². The first-order chi connectivity index (χ1) is 10.6. The van der Waals surface area contributed by atoms with Crippen LogP contribution in [0.1, 0.15) is 52.2 Å². The zero-order valence-corrected chi connectivity index (χ0v) is 15.1. The van der Waals surface area contributed by atoms with Crippen molar-refractivity contribution < 1.29 is 10.2 Å². The summed E-state index contributed by atoms with van der Waals surface area (Å²) in [5.74, 6) is 1.13. The highest BCUT2D eigenvalue weighted by Gasteiger charge is 2.27. The lowest BCUT2D eigenvalue weighted by molar-refractivity contribution is 0.447. The van der Waals surface area contributed by atoms with Gasteiger partial charge in [-0.25, -0.2) is 0 Å². The summed E-state index contributed by atoms with van der Waals surface area (Å²) < 4.78 is 0. The molecule has 23 heavy (non-hydrogen) atoms. The van der Waals surface area contributed by atoms with Gasteiger partial charge in [0, 0.05) is 21.8 Å². The Bertz CT molecular complexity index is 752. The number of benzene rings is 2. The van der Waals surface area contributed by atoms with Crippen molar-refractivity contribution in [3.05, 3.63) is 47.0 Å². The van der Waals surface area contributed by atoms with E-state index in [9.17, 15) is 10.2 Å². The zero-order chi connectivity index (χ0) is 17.4. The van der Waals surface area contributed by atoms with Gasteiger partial charge in [-0.2, -0.15) is 0 Å². The van der Waals surface area contributed by atoms with Crippen LogP contribution in [0.3, 0.4) is 0 Å². The quantitative estimate of drug-likeness (QED) is 0.551. The minimum absolute atomic E-state index is 0.261. The summed E-state index contributed by atoms with van der Waals surface area (Å²) in [4.78, 5) is 0. The summed E-state index contributed by atoms with van der Waals surface area (Å²) in [6.07, 6.45) is 3.24. The minimum Gasteiger partial charge on any atom is -0.507 e. The van der Waals surface area contributed by atoms with Crippen LogP contribution in [0.2, 0.25) is 0 Å². The maximum absolute atomic E-state index is 10.8. The third-order valence-corrected chi connectivity index (χ3v) is 4.39. The van der Waals surface area contributed by atoms with Crippen molar-refractivity contribution in [3.63, 3.8) is 0 Å². The maximum Gasteiger partial charge on any atom is 0.127 e. The molecule has 0 aliphatic carbocycles.